The van der Waals surface area contributed by atoms with Crippen LogP contribution in [0.2, 0.25) is 0 Å². The Bertz CT molecular complexity index is 1860. The molecule has 5 rings (SSSR count). The van der Waals surface area contributed by atoms with Gasteiger partial charge in [-0.1, -0.05) is 92.7 Å². The number of nitrogens with one attached hydrogen (secondary N) is 5. The summed E-state index contributed by atoms with van der Waals surface area (Å²) in [5.74, 6) is -2.41. The zero-order valence-electron chi connectivity index (χ0n) is 31.2. The van der Waals surface area contributed by atoms with Crippen molar-refractivity contribution in [1.29, 1.82) is 0 Å². The largest absolute Gasteiger partial charge is 0.361 e. The second-order valence-corrected chi connectivity index (χ2v) is 14.4. The number of para-hydroxylation sites is 1. The molecule has 2 heterocycles. The van der Waals surface area contributed by atoms with Gasteiger partial charge < -0.3 is 26.7 Å². The summed E-state index contributed by atoms with van der Waals surface area (Å²) < 4.78 is 0. The van der Waals surface area contributed by atoms with Crippen molar-refractivity contribution < 1.29 is 24.0 Å². The van der Waals surface area contributed by atoms with Gasteiger partial charge in [-0.3, -0.25) is 34.2 Å². The van der Waals surface area contributed by atoms with Crippen LogP contribution in [0.15, 0.2) is 91.1 Å². The summed E-state index contributed by atoms with van der Waals surface area (Å²) >= 11 is 0. The number of H-pyrrole nitrogens is 1. The first-order valence-electron chi connectivity index (χ1n) is 18.9. The normalized spacial score (nSPS) is 17.7. The third-order valence-corrected chi connectivity index (χ3v) is 9.78. The SMILES string of the molecule is CC(C)CCNC(=O)[C@H](Cc1c[nH]c2ccccc12)NC(=O)[C@H](CCCCN)N1C(=O)[C@H](Cc2ccccc2)NC(=O)CN[C@H](Cc2ccccc2)C1=O. The number of nitrogens with two attached hydrogens (primary N) is 1. The molecule has 7 N–H and O–H groups in total. The summed E-state index contributed by atoms with van der Waals surface area (Å²) in [5, 5.41) is 12.8. The number of imide groups is 1. The fourth-order valence-corrected chi connectivity index (χ4v) is 6.82. The minimum atomic E-state index is -1.29. The number of carbonyl (C=O) groups excluding carboxylic acids is 5. The number of aromatic nitrogens is 1. The van der Waals surface area contributed by atoms with Crippen LogP contribution in [0.5, 0.6) is 0 Å². The lowest BCUT2D eigenvalue weighted by Gasteiger charge is -2.34. The topological polar surface area (TPSA) is 179 Å². The monoisotopic (exact) mass is 735 g/mol. The molecule has 0 unspecified atom stereocenters. The maximum Gasteiger partial charge on any atom is 0.252 e. The molecule has 4 aromatic rings. The molecule has 0 saturated carbocycles. The molecule has 1 aliphatic heterocycles. The van der Waals surface area contributed by atoms with Gasteiger partial charge in [0, 0.05) is 36.5 Å². The zero-order chi connectivity index (χ0) is 38.5. The van der Waals surface area contributed by atoms with E-state index in [4.69, 9.17) is 5.73 Å². The molecule has 1 aromatic heterocycles. The van der Waals surface area contributed by atoms with Crippen LogP contribution >= 0.6 is 0 Å². The van der Waals surface area contributed by atoms with Crippen LogP contribution in [0.4, 0.5) is 0 Å². The lowest BCUT2D eigenvalue weighted by molar-refractivity contribution is -0.155. The third kappa shape index (κ3) is 10.9. The van der Waals surface area contributed by atoms with Crippen molar-refractivity contribution in [2.75, 3.05) is 19.6 Å². The second kappa shape index (κ2) is 19.7. The maximum atomic E-state index is 14.8. The van der Waals surface area contributed by atoms with E-state index in [2.05, 4.69) is 40.1 Å². The Morgan fingerprint density at radius 2 is 1.44 bits per heavy atom. The van der Waals surface area contributed by atoms with Crippen LogP contribution < -0.4 is 27.0 Å². The summed E-state index contributed by atoms with van der Waals surface area (Å²) in [6.07, 6.45) is 4.13. The molecule has 0 radical (unpaired) electrons. The number of amides is 5. The number of fused-ring (bicyclic) bond motifs is 1. The molecule has 0 aliphatic carbocycles. The lowest BCUT2D eigenvalue weighted by atomic mass is 9.98. The quantitative estimate of drug-likeness (QED) is 0.0713. The van der Waals surface area contributed by atoms with Gasteiger partial charge in [0.1, 0.15) is 18.1 Å². The van der Waals surface area contributed by atoms with E-state index in [9.17, 15) is 24.0 Å². The first-order chi connectivity index (χ1) is 26.1. The summed E-state index contributed by atoms with van der Waals surface area (Å²) in [5.41, 5.74) is 9.19. The molecule has 1 saturated heterocycles. The molecular formula is C42H53N7O5. The molecule has 286 valence electrons. The predicted octanol–water partition coefficient (Wildman–Crippen LogP) is 3.15. The minimum absolute atomic E-state index is 0.108. The van der Waals surface area contributed by atoms with Gasteiger partial charge in [-0.25, -0.2) is 0 Å². The van der Waals surface area contributed by atoms with Gasteiger partial charge in [-0.15, -0.1) is 0 Å². The van der Waals surface area contributed by atoms with Gasteiger partial charge in [-0.05, 0) is 67.3 Å². The zero-order valence-corrected chi connectivity index (χ0v) is 31.2. The van der Waals surface area contributed by atoms with E-state index in [-0.39, 0.29) is 38.1 Å². The van der Waals surface area contributed by atoms with Crippen molar-refractivity contribution in [3.63, 3.8) is 0 Å². The number of nitrogens with zero attached hydrogens (tertiary/aromatic N) is 1. The molecule has 0 spiro atoms. The average Bonchev–Trinajstić information content (AvgIpc) is 3.59. The Morgan fingerprint density at radius 3 is 2.11 bits per heavy atom. The third-order valence-electron chi connectivity index (χ3n) is 9.78. The first kappa shape index (κ1) is 39.9. The van der Waals surface area contributed by atoms with Crippen molar-refractivity contribution in [1.82, 2.24) is 31.2 Å². The van der Waals surface area contributed by atoms with E-state index in [1.165, 1.54) is 0 Å². The Morgan fingerprint density at radius 1 is 0.815 bits per heavy atom. The van der Waals surface area contributed by atoms with Crippen molar-refractivity contribution >= 4 is 40.4 Å². The van der Waals surface area contributed by atoms with Gasteiger partial charge >= 0.3 is 0 Å². The van der Waals surface area contributed by atoms with Gasteiger partial charge in [0.25, 0.3) is 5.91 Å². The molecule has 12 heteroatoms. The molecule has 1 aliphatic rings. The number of carbonyl (C=O) groups is 5. The molecular weight excluding hydrogens is 683 g/mol. The van der Waals surface area contributed by atoms with E-state index < -0.39 is 47.8 Å². The van der Waals surface area contributed by atoms with Gasteiger partial charge in [0.2, 0.25) is 23.6 Å². The van der Waals surface area contributed by atoms with E-state index in [1.54, 1.807) is 0 Å². The van der Waals surface area contributed by atoms with Crippen LogP contribution in [0.1, 0.15) is 56.2 Å². The Kier molecular flexibility index (Phi) is 14.5. The molecule has 4 atom stereocenters. The summed E-state index contributed by atoms with van der Waals surface area (Å²) in [7, 11) is 0. The summed E-state index contributed by atoms with van der Waals surface area (Å²) in [4.78, 5) is 75.7. The number of unbranched alkanes of at least 4 members (excludes halogenated alkanes) is 1. The minimum Gasteiger partial charge on any atom is -0.361 e. The van der Waals surface area contributed by atoms with E-state index >= 15 is 0 Å². The molecule has 0 bridgehead atoms. The lowest BCUT2D eigenvalue weighted by Crippen LogP contribution is -2.62. The highest BCUT2D eigenvalue weighted by molar-refractivity contribution is 6.06. The van der Waals surface area contributed by atoms with Gasteiger partial charge in [0.15, 0.2) is 0 Å². The number of hydrogen-bond donors (Lipinski definition) is 6. The average molecular weight is 736 g/mol. The number of hydrogen-bond acceptors (Lipinski definition) is 7. The van der Waals surface area contributed by atoms with Crippen LogP contribution in [-0.2, 0) is 43.2 Å². The van der Waals surface area contributed by atoms with Gasteiger partial charge in [-0.2, -0.15) is 0 Å². The highest BCUT2D eigenvalue weighted by Crippen LogP contribution is 2.21. The molecule has 5 amide bonds. The van der Waals surface area contributed by atoms with Crippen molar-refractivity contribution in [3.8, 4) is 0 Å². The second-order valence-electron chi connectivity index (χ2n) is 14.4. The number of benzene rings is 3. The Hall–Kier alpha value is -5.33. The van der Waals surface area contributed by atoms with E-state index in [1.807, 2.05) is 91.1 Å². The summed E-state index contributed by atoms with van der Waals surface area (Å²) in [6.45, 7) is 4.70. The molecule has 3 aromatic carbocycles. The molecule has 1 fully saturated rings. The number of aromatic amines is 1. The fourth-order valence-electron chi connectivity index (χ4n) is 6.82. The van der Waals surface area contributed by atoms with E-state index in [0.717, 1.165) is 38.9 Å². The van der Waals surface area contributed by atoms with Crippen LogP contribution in [-0.4, -0.2) is 83.2 Å². The van der Waals surface area contributed by atoms with E-state index in [0.29, 0.717) is 31.8 Å². The van der Waals surface area contributed by atoms with Crippen LogP contribution in [0.3, 0.4) is 0 Å². The Balaban J connectivity index is 1.52. The van der Waals surface area contributed by atoms with Crippen molar-refractivity contribution in [3.05, 3.63) is 108 Å². The van der Waals surface area contributed by atoms with Crippen LogP contribution in [0, 0.1) is 5.92 Å². The summed E-state index contributed by atoms with van der Waals surface area (Å²) in [6, 6.07) is 21.8. The smallest absolute Gasteiger partial charge is 0.252 e. The standard InChI is InChI=1S/C42H53N7O5/c1-28(2)20-22-44-39(51)34(25-31-26-45-33-18-10-9-17-32(31)33)48-40(52)37(19-11-12-21-43)49-41(53)35(23-29-13-5-3-6-14-29)46-27-38(50)47-36(42(49)54)24-30-15-7-4-8-16-30/h3-10,13-18,26,28,34-37,45-46H,11-12,19-25,27,43H2,1-2H3,(H,44,51)(H,47,50)(H,48,52)/t34-,35+,36-,37-/m0/s1. The Labute approximate surface area is 317 Å². The maximum absolute atomic E-state index is 14.8. The molecule has 12 nitrogen and oxygen atoms in total. The number of rotatable bonds is 17. The molecule has 54 heavy (non-hydrogen) atoms. The van der Waals surface area contributed by atoms with Crippen molar-refractivity contribution in [2.24, 2.45) is 11.7 Å². The van der Waals surface area contributed by atoms with Gasteiger partial charge in [0.05, 0.1) is 12.6 Å². The highest BCUT2D eigenvalue weighted by atomic mass is 16.2. The van der Waals surface area contributed by atoms with Crippen molar-refractivity contribution in [2.45, 2.75) is 83.0 Å². The highest BCUT2D eigenvalue weighted by Gasteiger charge is 2.43. The van der Waals surface area contributed by atoms with Crippen LogP contribution in [0.25, 0.3) is 10.9 Å². The predicted molar refractivity (Wildman–Crippen MR) is 209 cm³/mol. The first-order valence-corrected chi connectivity index (χ1v) is 18.9. The fraction of sp³-hybridized carbons (Fsp3) is 0.405.